The highest BCUT2D eigenvalue weighted by molar-refractivity contribution is 7.92. The average Bonchev–Trinajstić information content (AvgIpc) is 2.94. The summed E-state index contributed by atoms with van der Waals surface area (Å²) in [7, 11) is -3.56. The lowest BCUT2D eigenvalue weighted by molar-refractivity contribution is -0.141. The summed E-state index contributed by atoms with van der Waals surface area (Å²) < 4.78 is 26.7. The number of sulfonamides is 1. The van der Waals surface area contributed by atoms with Gasteiger partial charge in [0.2, 0.25) is 21.8 Å². The van der Waals surface area contributed by atoms with E-state index in [1.807, 2.05) is 94.4 Å². The molecule has 220 valence electrons. The minimum Gasteiger partial charge on any atom is -0.352 e. The highest BCUT2D eigenvalue weighted by atomic mass is 32.2. The molecule has 0 aliphatic carbocycles. The van der Waals surface area contributed by atoms with Crippen LogP contribution in [0.25, 0.3) is 0 Å². The number of amides is 2. The fourth-order valence-electron chi connectivity index (χ4n) is 4.79. The van der Waals surface area contributed by atoms with E-state index in [1.165, 1.54) is 10.6 Å². The van der Waals surface area contributed by atoms with Crippen LogP contribution in [0.3, 0.4) is 0 Å². The Morgan fingerprint density at radius 2 is 1.49 bits per heavy atom. The number of benzene rings is 3. The van der Waals surface area contributed by atoms with Crippen molar-refractivity contribution in [3.05, 3.63) is 101 Å². The molecule has 2 atom stereocenters. The first-order chi connectivity index (χ1) is 19.5. The highest BCUT2D eigenvalue weighted by Crippen LogP contribution is 2.23. The van der Waals surface area contributed by atoms with Gasteiger partial charge in [-0.3, -0.25) is 13.9 Å². The van der Waals surface area contributed by atoms with Crippen LogP contribution in [-0.4, -0.2) is 50.0 Å². The van der Waals surface area contributed by atoms with Crippen molar-refractivity contribution >= 4 is 27.5 Å². The van der Waals surface area contributed by atoms with Crippen molar-refractivity contribution in [2.75, 3.05) is 17.1 Å². The van der Waals surface area contributed by atoms with E-state index in [9.17, 15) is 18.0 Å². The molecule has 0 saturated heterocycles. The Labute approximate surface area is 245 Å². The van der Waals surface area contributed by atoms with Crippen molar-refractivity contribution in [1.29, 1.82) is 0 Å². The van der Waals surface area contributed by atoms with E-state index in [1.54, 1.807) is 17.0 Å². The number of rotatable bonds is 14. The number of para-hydroxylation sites is 1. The maximum atomic E-state index is 14.0. The van der Waals surface area contributed by atoms with E-state index in [2.05, 4.69) is 5.32 Å². The van der Waals surface area contributed by atoms with Crippen LogP contribution in [0.1, 0.15) is 55.4 Å². The molecule has 2 amide bonds. The molecule has 3 rings (SSSR count). The number of anilines is 1. The lowest BCUT2D eigenvalue weighted by atomic mass is 10.0. The molecule has 0 aliphatic heterocycles. The minimum atomic E-state index is -3.56. The molecule has 8 heteroatoms. The second-order valence-electron chi connectivity index (χ2n) is 10.7. The average molecular weight is 578 g/mol. The molecule has 3 aromatic rings. The van der Waals surface area contributed by atoms with E-state index in [-0.39, 0.29) is 37.4 Å². The third-order valence-electron chi connectivity index (χ3n) is 7.41. The van der Waals surface area contributed by atoms with Crippen molar-refractivity contribution < 1.29 is 18.0 Å². The van der Waals surface area contributed by atoms with Gasteiger partial charge in [0.1, 0.15) is 6.04 Å². The van der Waals surface area contributed by atoms with Crippen LogP contribution < -0.4 is 9.62 Å². The van der Waals surface area contributed by atoms with E-state index < -0.39 is 16.1 Å². The number of hydrogen-bond donors (Lipinski definition) is 1. The van der Waals surface area contributed by atoms with Gasteiger partial charge in [0.15, 0.2) is 0 Å². The SMILES string of the molecule is CC[C@@H](C)NC(=O)[C@H](Cc1ccccc1)N(Cc1ccccc1C)C(=O)CCCN(c1ccccc1C)S(C)(=O)=O. The molecule has 1 N–H and O–H groups in total. The molecule has 3 aromatic carbocycles. The van der Waals surface area contributed by atoms with Gasteiger partial charge in [-0.25, -0.2) is 8.42 Å². The lowest BCUT2D eigenvalue weighted by Gasteiger charge is -2.33. The minimum absolute atomic E-state index is 0.0337. The molecular weight excluding hydrogens is 534 g/mol. The number of carbonyl (C=O) groups excluding carboxylic acids is 2. The van der Waals surface area contributed by atoms with Crippen LogP contribution in [0.15, 0.2) is 78.9 Å². The standard InChI is InChI=1S/C33H43N3O4S/c1-6-27(4)34-33(38)31(23-28-17-8-7-9-18-28)35(24-29-19-12-10-15-25(29)2)32(37)21-14-22-36(41(5,39)40)30-20-13-11-16-26(30)3/h7-13,15-20,27,31H,6,14,21-24H2,1-5H3,(H,34,38)/t27-,31+/m1/s1. The van der Waals surface area contributed by atoms with Crippen molar-refractivity contribution in [3.63, 3.8) is 0 Å². The van der Waals surface area contributed by atoms with Crippen LogP contribution in [-0.2, 0) is 32.6 Å². The molecule has 0 aromatic heterocycles. The maximum Gasteiger partial charge on any atom is 0.243 e. The summed E-state index contributed by atoms with van der Waals surface area (Å²) in [6.45, 7) is 8.27. The van der Waals surface area contributed by atoms with E-state index in [0.717, 1.165) is 28.7 Å². The molecule has 0 heterocycles. The van der Waals surface area contributed by atoms with Crippen molar-refractivity contribution in [2.45, 2.75) is 72.0 Å². The lowest BCUT2D eigenvalue weighted by Crippen LogP contribution is -2.52. The summed E-state index contributed by atoms with van der Waals surface area (Å²) in [5.74, 6) is -0.380. The first-order valence-corrected chi connectivity index (χ1v) is 16.1. The van der Waals surface area contributed by atoms with Gasteiger partial charge < -0.3 is 10.2 Å². The Bertz CT molecular complexity index is 1410. The summed E-state index contributed by atoms with van der Waals surface area (Å²) in [6, 6.07) is 24.1. The zero-order chi connectivity index (χ0) is 30.0. The second-order valence-corrected chi connectivity index (χ2v) is 12.6. The van der Waals surface area contributed by atoms with Crippen LogP contribution in [0.2, 0.25) is 0 Å². The molecule has 0 unspecified atom stereocenters. The number of aryl methyl sites for hydroxylation is 2. The first-order valence-electron chi connectivity index (χ1n) is 14.2. The Balaban J connectivity index is 1.91. The highest BCUT2D eigenvalue weighted by Gasteiger charge is 2.31. The predicted octanol–water partition coefficient (Wildman–Crippen LogP) is 5.40. The van der Waals surface area contributed by atoms with Crippen LogP contribution in [0.5, 0.6) is 0 Å². The van der Waals surface area contributed by atoms with Crippen molar-refractivity contribution in [1.82, 2.24) is 10.2 Å². The monoisotopic (exact) mass is 577 g/mol. The van der Waals surface area contributed by atoms with Gasteiger partial charge in [-0.15, -0.1) is 0 Å². The fourth-order valence-corrected chi connectivity index (χ4v) is 5.81. The molecule has 0 bridgehead atoms. The number of hydrogen-bond acceptors (Lipinski definition) is 4. The molecule has 0 fully saturated rings. The largest absolute Gasteiger partial charge is 0.352 e. The topological polar surface area (TPSA) is 86.8 Å². The fraction of sp³-hybridized carbons (Fsp3) is 0.394. The van der Waals surface area contributed by atoms with Gasteiger partial charge in [-0.1, -0.05) is 79.7 Å². The van der Waals surface area contributed by atoms with E-state index >= 15 is 0 Å². The Morgan fingerprint density at radius 1 is 0.878 bits per heavy atom. The van der Waals surface area contributed by atoms with Gasteiger partial charge >= 0.3 is 0 Å². The Kier molecular flexibility index (Phi) is 11.5. The van der Waals surface area contributed by atoms with Crippen molar-refractivity contribution in [3.8, 4) is 0 Å². The van der Waals surface area contributed by atoms with Gasteiger partial charge in [0.25, 0.3) is 0 Å². The summed E-state index contributed by atoms with van der Waals surface area (Å²) in [4.78, 5) is 29.3. The zero-order valence-corrected chi connectivity index (χ0v) is 25.7. The molecule has 0 radical (unpaired) electrons. The summed E-state index contributed by atoms with van der Waals surface area (Å²) in [5, 5.41) is 3.09. The number of nitrogens with one attached hydrogen (secondary N) is 1. The third-order valence-corrected chi connectivity index (χ3v) is 8.59. The van der Waals surface area contributed by atoms with Gasteiger partial charge in [-0.2, -0.15) is 0 Å². The zero-order valence-electron chi connectivity index (χ0n) is 24.8. The summed E-state index contributed by atoms with van der Waals surface area (Å²) in [5.41, 5.74) is 4.41. The van der Waals surface area contributed by atoms with E-state index in [4.69, 9.17) is 0 Å². The maximum absolute atomic E-state index is 14.0. The van der Waals surface area contributed by atoms with Gasteiger partial charge in [0.05, 0.1) is 11.9 Å². The Morgan fingerprint density at radius 3 is 2.10 bits per heavy atom. The number of carbonyl (C=O) groups is 2. The molecule has 0 spiro atoms. The van der Waals surface area contributed by atoms with Gasteiger partial charge in [-0.05, 0) is 61.9 Å². The molecule has 7 nitrogen and oxygen atoms in total. The summed E-state index contributed by atoms with van der Waals surface area (Å²) in [6.07, 6.45) is 2.75. The smallest absolute Gasteiger partial charge is 0.243 e. The van der Waals surface area contributed by atoms with Crippen LogP contribution in [0.4, 0.5) is 5.69 Å². The second kappa shape index (κ2) is 14.8. The first kappa shape index (κ1) is 31.9. The van der Waals surface area contributed by atoms with Crippen LogP contribution in [0, 0.1) is 13.8 Å². The Hall–Kier alpha value is -3.65. The van der Waals surface area contributed by atoms with Crippen molar-refractivity contribution in [2.24, 2.45) is 0 Å². The molecule has 41 heavy (non-hydrogen) atoms. The normalized spacial score (nSPS) is 12.8. The number of nitrogens with zero attached hydrogens (tertiary/aromatic N) is 2. The third kappa shape index (κ3) is 9.18. The summed E-state index contributed by atoms with van der Waals surface area (Å²) >= 11 is 0. The molecule has 0 saturated carbocycles. The quantitative estimate of drug-likeness (QED) is 0.278. The molecular formula is C33H43N3O4S. The molecule has 0 aliphatic rings. The predicted molar refractivity (Wildman–Crippen MR) is 166 cm³/mol. The van der Waals surface area contributed by atoms with Gasteiger partial charge in [0, 0.05) is 32.0 Å². The van der Waals surface area contributed by atoms with E-state index in [0.29, 0.717) is 18.5 Å². The van der Waals surface area contributed by atoms with Crippen LogP contribution >= 0.6 is 0 Å².